The first-order valence-electron chi connectivity index (χ1n) is 7.15. The second-order valence-electron chi connectivity index (χ2n) is 5.83. The normalized spacial score (nSPS) is 17.7. The number of nitrogens with zero attached hydrogens (tertiary/aromatic N) is 3. The monoisotopic (exact) mass is 282 g/mol. The summed E-state index contributed by atoms with van der Waals surface area (Å²) in [5, 5.41) is 4.64. The first-order chi connectivity index (χ1) is 9.06. The molecule has 4 nitrogen and oxygen atoms in total. The molecule has 0 aromatic carbocycles. The Morgan fingerprint density at radius 3 is 2.68 bits per heavy atom. The molecule has 0 radical (unpaired) electrons. The number of thiazole rings is 1. The molecule has 1 aromatic rings. The van der Waals surface area contributed by atoms with E-state index < -0.39 is 0 Å². The third-order valence-electron chi connectivity index (χ3n) is 3.69. The van der Waals surface area contributed by atoms with Gasteiger partial charge in [0.05, 0.1) is 0 Å². The minimum atomic E-state index is 0.529. The average Bonchev–Trinajstić information content (AvgIpc) is 2.85. The van der Waals surface area contributed by atoms with Crippen LogP contribution in [-0.4, -0.2) is 49.2 Å². The number of hydrogen-bond donors (Lipinski definition) is 1. The Kier molecular flexibility index (Phi) is 5.19. The first-order valence-corrected chi connectivity index (χ1v) is 7.97. The van der Waals surface area contributed by atoms with Gasteiger partial charge in [0, 0.05) is 42.8 Å². The van der Waals surface area contributed by atoms with Gasteiger partial charge in [-0.25, -0.2) is 4.98 Å². The van der Waals surface area contributed by atoms with Crippen LogP contribution in [0.2, 0.25) is 0 Å². The molecule has 108 valence electrons. The summed E-state index contributed by atoms with van der Waals surface area (Å²) < 4.78 is 0. The van der Waals surface area contributed by atoms with E-state index in [0.717, 1.165) is 25.7 Å². The summed E-state index contributed by atoms with van der Waals surface area (Å²) in [6.45, 7) is 7.55. The Morgan fingerprint density at radius 2 is 2.11 bits per heavy atom. The van der Waals surface area contributed by atoms with Crippen molar-refractivity contribution in [2.45, 2.75) is 45.3 Å². The van der Waals surface area contributed by atoms with Crippen molar-refractivity contribution in [1.29, 1.82) is 0 Å². The van der Waals surface area contributed by atoms with Crippen molar-refractivity contribution in [3.63, 3.8) is 0 Å². The number of anilines is 1. The number of aromatic nitrogens is 1. The standard InChI is InChI=1S/C14H26N4S/c1-11(2)15-9-13-10-16-14(19-13)18-7-5-12(6-8-18)17(3)4/h10-12,15H,5-9H2,1-4H3. The molecule has 0 saturated carbocycles. The van der Waals surface area contributed by atoms with E-state index in [9.17, 15) is 0 Å². The van der Waals surface area contributed by atoms with Crippen molar-refractivity contribution >= 4 is 16.5 Å². The van der Waals surface area contributed by atoms with Crippen LogP contribution in [0.25, 0.3) is 0 Å². The lowest BCUT2D eigenvalue weighted by atomic mass is 10.0. The third kappa shape index (κ3) is 4.16. The van der Waals surface area contributed by atoms with Crippen LogP contribution in [-0.2, 0) is 6.54 Å². The summed E-state index contributed by atoms with van der Waals surface area (Å²) in [5.41, 5.74) is 0. The lowest BCUT2D eigenvalue weighted by Gasteiger charge is -2.35. The van der Waals surface area contributed by atoms with Crippen LogP contribution in [0.15, 0.2) is 6.20 Å². The van der Waals surface area contributed by atoms with Crippen molar-refractivity contribution in [2.24, 2.45) is 0 Å². The van der Waals surface area contributed by atoms with Gasteiger partial charge in [0.1, 0.15) is 0 Å². The summed E-state index contributed by atoms with van der Waals surface area (Å²) in [7, 11) is 4.36. The fourth-order valence-electron chi connectivity index (χ4n) is 2.40. The van der Waals surface area contributed by atoms with E-state index in [1.54, 1.807) is 0 Å². The van der Waals surface area contributed by atoms with Gasteiger partial charge in [0.2, 0.25) is 0 Å². The van der Waals surface area contributed by atoms with Gasteiger partial charge < -0.3 is 15.1 Å². The zero-order valence-corrected chi connectivity index (χ0v) is 13.3. The molecule has 0 unspecified atom stereocenters. The molecule has 1 fully saturated rings. The Hall–Kier alpha value is -0.650. The third-order valence-corrected chi connectivity index (χ3v) is 4.75. The molecule has 19 heavy (non-hydrogen) atoms. The van der Waals surface area contributed by atoms with Crippen LogP contribution in [0.1, 0.15) is 31.6 Å². The van der Waals surface area contributed by atoms with E-state index in [2.05, 4.69) is 48.0 Å². The summed E-state index contributed by atoms with van der Waals surface area (Å²) in [4.78, 5) is 10.7. The van der Waals surface area contributed by atoms with Crippen molar-refractivity contribution < 1.29 is 0 Å². The fraction of sp³-hybridized carbons (Fsp3) is 0.786. The van der Waals surface area contributed by atoms with E-state index in [0.29, 0.717) is 6.04 Å². The number of nitrogens with one attached hydrogen (secondary N) is 1. The van der Waals surface area contributed by atoms with Gasteiger partial charge >= 0.3 is 0 Å². The van der Waals surface area contributed by atoms with E-state index in [1.165, 1.54) is 22.9 Å². The van der Waals surface area contributed by atoms with Crippen LogP contribution in [0.3, 0.4) is 0 Å². The highest BCUT2D eigenvalue weighted by atomic mass is 32.1. The molecule has 0 bridgehead atoms. The molecule has 1 saturated heterocycles. The first kappa shape index (κ1) is 14.8. The second-order valence-corrected chi connectivity index (χ2v) is 6.92. The van der Waals surface area contributed by atoms with Gasteiger partial charge in [-0.3, -0.25) is 0 Å². The molecule has 0 aliphatic carbocycles. The molecule has 1 aromatic heterocycles. The summed E-state index contributed by atoms with van der Waals surface area (Å²) in [6.07, 6.45) is 4.51. The zero-order chi connectivity index (χ0) is 13.8. The van der Waals surface area contributed by atoms with E-state index in [1.807, 2.05) is 17.5 Å². The van der Waals surface area contributed by atoms with Gasteiger partial charge in [-0.2, -0.15) is 0 Å². The minimum absolute atomic E-state index is 0.529. The van der Waals surface area contributed by atoms with Crippen molar-refractivity contribution in [2.75, 3.05) is 32.1 Å². The zero-order valence-electron chi connectivity index (χ0n) is 12.5. The highest BCUT2D eigenvalue weighted by Gasteiger charge is 2.22. The minimum Gasteiger partial charge on any atom is -0.348 e. The van der Waals surface area contributed by atoms with Gasteiger partial charge in [0.25, 0.3) is 0 Å². The lowest BCUT2D eigenvalue weighted by molar-refractivity contribution is 0.249. The van der Waals surface area contributed by atoms with Crippen LogP contribution in [0.5, 0.6) is 0 Å². The summed E-state index contributed by atoms with van der Waals surface area (Å²) in [6, 6.07) is 1.26. The molecule has 2 rings (SSSR count). The molecule has 2 heterocycles. The topological polar surface area (TPSA) is 31.4 Å². The van der Waals surface area contributed by atoms with Crippen molar-refractivity contribution in [3.8, 4) is 0 Å². The molecule has 1 N–H and O–H groups in total. The second kappa shape index (κ2) is 6.68. The molecular formula is C14H26N4S. The van der Waals surface area contributed by atoms with Gasteiger partial charge in [-0.1, -0.05) is 13.8 Å². The Balaban J connectivity index is 1.86. The Bertz CT molecular complexity index is 381. The SMILES string of the molecule is CC(C)NCc1cnc(N2CCC(N(C)C)CC2)s1. The average molecular weight is 282 g/mol. The molecule has 1 aliphatic rings. The lowest BCUT2D eigenvalue weighted by Crippen LogP contribution is -2.41. The van der Waals surface area contributed by atoms with Gasteiger partial charge in [-0.15, -0.1) is 11.3 Å². The largest absolute Gasteiger partial charge is 0.348 e. The van der Waals surface area contributed by atoms with Crippen LogP contribution >= 0.6 is 11.3 Å². The molecular weight excluding hydrogens is 256 g/mol. The quantitative estimate of drug-likeness (QED) is 0.897. The number of hydrogen-bond acceptors (Lipinski definition) is 5. The molecule has 0 amide bonds. The smallest absolute Gasteiger partial charge is 0.185 e. The summed E-state index contributed by atoms with van der Waals surface area (Å²) in [5.74, 6) is 0. The van der Waals surface area contributed by atoms with Gasteiger partial charge in [0.15, 0.2) is 5.13 Å². The van der Waals surface area contributed by atoms with E-state index in [-0.39, 0.29) is 0 Å². The fourth-order valence-corrected chi connectivity index (χ4v) is 3.32. The van der Waals surface area contributed by atoms with Crippen molar-refractivity contribution in [3.05, 3.63) is 11.1 Å². The van der Waals surface area contributed by atoms with Crippen molar-refractivity contribution in [1.82, 2.24) is 15.2 Å². The number of piperidine rings is 1. The maximum atomic E-state index is 4.58. The predicted octanol–water partition coefficient (Wildman–Crippen LogP) is 2.17. The Morgan fingerprint density at radius 1 is 1.42 bits per heavy atom. The van der Waals surface area contributed by atoms with Gasteiger partial charge in [-0.05, 0) is 26.9 Å². The van der Waals surface area contributed by atoms with E-state index >= 15 is 0 Å². The predicted molar refractivity (Wildman–Crippen MR) is 83.0 cm³/mol. The van der Waals surface area contributed by atoms with E-state index in [4.69, 9.17) is 0 Å². The highest BCUT2D eigenvalue weighted by molar-refractivity contribution is 7.15. The Labute approximate surface area is 120 Å². The van der Waals surface area contributed by atoms with Crippen LogP contribution in [0, 0.1) is 0 Å². The summed E-state index contributed by atoms with van der Waals surface area (Å²) >= 11 is 1.83. The maximum Gasteiger partial charge on any atom is 0.185 e. The van der Waals surface area contributed by atoms with Crippen LogP contribution in [0.4, 0.5) is 5.13 Å². The molecule has 0 spiro atoms. The maximum absolute atomic E-state index is 4.58. The number of rotatable bonds is 5. The molecule has 0 atom stereocenters. The molecule has 1 aliphatic heterocycles. The molecule has 5 heteroatoms. The van der Waals surface area contributed by atoms with Crippen LogP contribution < -0.4 is 10.2 Å². The highest BCUT2D eigenvalue weighted by Crippen LogP contribution is 2.26.